The Morgan fingerprint density at radius 2 is 2.07 bits per heavy atom. The smallest absolute Gasteiger partial charge is 0.314 e. The third kappa shape index (κ3) is 3.75. The number of ketones is 1. The first kappa shape index (κ1) is 18.1. The van der Waals surface area contributed by atoms with Crippen molar-refractivity contribution in [2.24, 2.45) is 0 Å². The highest BCUT2D eigenvalue weighted by Gasteiger charge is 2.33. The maximum atomic E-state index is 12.8. The number of Topliss-reactive ketones (excluding diaryl/α,β-unsaturated/α-hetero) is 1. The molecule has 142 valence electrons. The lowest BCUT2D eigenvalue weighted by Crippen LogP contribution is -2.48. The fourth-order valence-corrected chi connectivity index (χ4v) is 3.94. The van der Waals surface area contributed by atoms with E-state index in [1.165, 1.54) is 17.2 Å². The van der Waals surface area contributed by atoms with Crippen LogP contribution in [0.15, 0.2) is 36.5 Å². The minimum Gasteiger partial charge on any atom is -0.314 e. The zero-order valence-electron chi connectivity index (χ0n) is 14.7. The number of hydrogen-bond donors (Lipinski definition) is 1. The second-order valence-electron chi connectivity index (χ2n) is 7.07. The highest BCUT2D eigenvalue weighted by Crippen LogP contribution is 2.31. The van der Waals surface area contributed by atoms with E-state index in [2.05, 4.69) is 21.3 Å². The summed E-state index contributed by atoms with van der Waals surface area (Å²) in [6, 6.07) is 8.54. The molecular formula is C20H20F3N3O. The van der Waals surface area contributed by atoms with Crippen LogP contribution in [0, 0.1) is 0 Å². The number of pyridine rings is 1. The topological polar surface area (TPSA) is 45.2 Å². The Morgan fingerprint density at radius 1 is 1.22 bits per heavy atom. The number of rotatable bonds is 3. The highest BCUT2D eigenvalue weighted by molar-refractivity contribution is 5.97. The maximum absolute atomic E-state index is 12.8. The molecule has 2 aromatic rings. The molecular weight excluding hydrogens is 355 g/mol. The van der Waals surface area contributed by atoms with Gasteiger partial charge in [0.15, 0.2) is 5.78 Å². The first-order valence-electron chi connectivity index (χ1n) is 9.05. The van der Waals surface area contributed by atoms with E-state index >= 15 is 0 Å². The molecule has 1 aromatic carbocycles. The molecule has 4 rings (SSSR count). The van der Waals surface area contributed by atoms with E-state index in [4.69, 9.17) is 0 Å². The van der Waals surface area contributed by atoms with E-state index in [0.29, 0.717) is 6.04 Å². The maximum Gasteiger partial charge on any atom is 0.433 e. The Morgan fingerprint density at radius 3 is 2.89 bits per heavy atom. The van der Waals surface area contributed by atoms with Crippen molar-refractivity contribution in [1.29, 1.82) is 0 Å². The molecule has 0 bridgehead atoms. The number of aromatic nitrogens is 1. The standard InChI is InChI=1S/C20H20F3N3O/c21-20(22,23)19-11-15(3-5-25-19)18(27)10-13-1-2-16-14(9-13)4-7-26-8-6-24-12-17(16)26/h1-3,5,9,11,17,24H,4,6-8,10,12H2/t17-/m1/s1. The molecule has 2 aliphatic heterocycles. The van der Waals surface area contributed by atoms with Crippen LogP contribution in [0.25, 0.3) is 0 Å². The monoisotopic (exact) mass is 375 g/mol. The van der Waals surface area contributed by atoms with Gasteiger partial charge in [0.1, 0.15) is 5.69 Å². The molecule has 3 heterocycles. The average Bonchev–Trinajstić information content (AvgIpc) is 2.67. The lowest BCUT2D eigenvalue weighted by molar-refractivity contribution is -0.141. The summed E-state index contributed by atoms with van der Waals surface area (Å²) in [5.74, 6) is -0.334. The first-order valence-corrected chi connectivity index (χ1v) is 9.05. The van der Waals surface area contributed by atoms with Crippen LogP contribution in [0.3, 0.4) is 0 Å². The number of halogens is 3. The molecule has 0 unspecified atom stereocenters. The van der Waals surface area contributed by atoms with Crippen molar-refractivity contribution in [2.45, 2.75) is 25.1 Å². The number of carbonyl (C=O) groups is 1. The molecule has 1 fully saturated rings. The number of alkyl halides is 3. The molecule has 7 heteroatoms. The lowest BCUT2D eigenvalue weighted by atomic mass is 9.89. The third-order valence-electron chi connectivity index (χ3n) is 5.33. The van der Waals surface area contributed by atoms with Crippen molar-refractivity contribution >= 4 is 5.78 Å². The average molecular weight is 375 g/mol. The molecule has 1 atom stereocenters. The molecule has 0 aliphatic carbocycles. The molecule has 1 aromatic heterocycles. The molecule has 0 radical (unpaired) electrons. The SMILES string of the molecule is O=C(Cc1ccc2c(c1)CCN1CCNC[C@H]21)c1ccnc(C(F)(F)F)c1. The third-order valence-corrected chi connectivity index (χ3v) is 5.33. The van der Waals surface area contributed by atoms with Crippen LogP contribution in [0.5, 0.6) is 0 Å². The van der Waals surface area contributed by atoms with Gasteiger partial charge in [-0.1, -0.05) is 18.2 Å². The number of benzene rings is 1. The molecule has 2 aliphatic rings. The van der Waals surface area contributed by atoms with E-state index in [1.807, 2.05) is 12.1 Å². The summed E-state index contributed by atoms with van der Waals surface area (Å²) in [6.45, 7) is 3.96. The van der Waals surface area contributed by atoms with Gasteiger partial charge in [0, 0.05) is 50.4 Å². The van der Waals surface area contributed by atoms with E-state index in [1.54, 1.807) is 0 Å². The summed E-state index contributed by atoms with van der Waals surface area (Å²) in [5, 5.41) is 3.42. The number of nitrogens with one attached hydrogen (secondary N) is 1. The van der Waals surface area contributed by atoms with E-state index in [9.17, 15) is 18.0 Å². The minimum absolute atomic E-state index is 0.0395. The van der Waals surface area contributed by atoms with Gasteiger partial charge >= 0.3 is 6.18 Å². The molecule has 1 N–H and O–H groups in total. The minimum atomic E-state index is -4.55. The van der Waals surface area contributed by atoms with Gasteiger partial charge in [0.25, 0.3) is 0 Å². The van der Waals surface area contributed by atoms with Gasteiger partial charge in [-0.2, -0.15) is 13.2 Å². The van der Waals surface area contributed by atoms with Crippen molar-refractivity contribution in [2.75, 3.05) is 26.2 Å². The number of hydrogen-bond acceptors (Lipinski definition) is 4. The highest BCUT2D eigenvalue weighted by atomic mass is 19.4. The zero-order valence-corrected chi connectivity index (χ0v) is 14.7. The van der Waals surface area contributed by atoms with Gasteiger partial charge in [-0.15, -0.1) is 0 Å². The van der Waals surface area contributed by atoms with Crippen LogP contribution in [0.4, 0.5) is 13.2 Å². The van der Waals surface area contributed by atoms with Crippen LogP contribution < -0.4 is 5.32 Å². The van der Waals surface area contributed by atoms with Gasteiger partial charge in [-0.25, -0.2) is 0 Å². The molecule has 27 heavy (non-hydrogen) atoms. The van der Waals surface area contributed by atoms with Crippen LogP contribution in [-0.2, 0) is 19.0 Å². The number of fused-ring (bicyclic) bond motifs is 3. The van der Waals surface area contributed by atoms with Gasteiger partial charge in [-0.3, -0.25) is 14.7 Å². The molecule has 0 spiro atoms. The molecule has 4 nitrogen and oxygen atoms in total. The second-order valence-corrected chi connectivity index (χ2v) is 7.07. The van der Waals surface area contributed by atoms with Gasteiger partial charge in [-0.05, 0) is 35.2 Å². The van der Waals surface area contributed by atoms with E-state index < -0.39 is 11.9 Å². The predicted octanol–water partition coefficient (Wildman–Crippen LogP) is 3.03. The van der Waals surface area contributed by atoms with Gasteiger partial charge in [0.05, 0.1) is 0 Å². The zero-order chi connectivity index (χ0) is 19.0. The van der Waals surface area contributed by atoms with Crippen molar-refractivity contribution in [3.63, 3.8) is 0 Å². The normalized spacial score (nSPS) is 20.0. The van der Waals surface area contributed by atoms with Crippen molar-refractivity contribution in [1.82, 2.24) is 15.2 Å². The van der Waals surface area contributed by atoms with Crippen LogP contribution in [0.1, 0.15) is 38.8 Å². The largest absolute Gasteiger partial charge is 0.433 e. The quantitative estimate of drug-likeness (QED) is 0.838. The van der Waals surface area contributed by atoms with Crippen molar-refractivity contribution in [3.8, 4) is 0 Å². The summed E-state index contributed by atoms with van der Waals surface area (Å²) in [4.78, 5) is 18.3. The number of carbonyl (C=O) groups excluding carboxylic acids is 1. The van der Waals surface area contributed by atoms with Crippen LogP contribution in [-0.4, -0.2) is 41.8 Å². The van der Waals surface area contributed by atoms with E-state index in [-0.39, 0.29) is 17.8 Å². The first-order chi connectivity index (χ1) is 12.9. The van der Waals surface area contributed by atoms with Crippen molar-refractivity contribution < 1.29 is 18.0 Å². The van der Waals surface area contributed by atoms with Crippen molar-refractivity contribution in [3.05, 3.63) is 64.5 Å². The lowest BCUT2D eigenvalue weighted by Gasteiger charge is -2.41. The molecule has 0 amide bonds. The summed E-state index contributed by atoms with van der Waals surface area (Å²) in [5.41, 5.74) is 2.35. The molecule has 1 saturated heterocycles. The summed E-state index contributed by atoms with van der Waals surface area (Å²) < 4.78 is 38.4. The Balaban J connectivity index is 1.53. The van der Waals surface area contributed by atoms with Gasteiger partial charge in [0.2, 0.25) is 0 Å². The van der Waals surface area contributed by atoms with Crippen LogP contribution >= 0.6 is 0 Å². The fourth-order valence-electron chi connectivity index (χ4n) is 3.94. The Hall–Kier alpha value is -2.25. The second kappa shape index (κ2) is 7.05. The van der Waals surface area contributed by atoms with E-state index in [0.717, 1.165) is 50.4 Å². The van der Waals surface area contributed by atoms with Gasteiger partial charge < -0.3 is 5.32 Å². The number of nitrogens with zero attached hydrogens (tertiary/aromatic N) is 2. The predicted molar refractivity (Wildman–Crippen MR) is 94.6 cm³/mol. The summed E-state index contributed by atoms with van der Waals surface area (Å²) in [6.07, 6.45) is -2.50. The Bertz CT molecular complexity index is 866. The summed E-state index contributed by atoms with van der Waals surface area (Å²) in [7, 11) is 0. The summed E-state index contributed by atoms with van der Waals surface area (Å²) >= 11 is 0. The van der Waals surface area contributed by atoms with Crippen LogP contribution in [0.2, 0.25) is 0 Å². The fraction of sp³-hybridized carbons (Fsp3) is 0.400. The number of piperazine rings is 1. The Labute approximate surface area is 155 Å². The Kier molecular flexibility index (Phi) is 4.74. The molecule has 0 saturated carbocycles.